The number of carbonyl (C=O) groups is 1. The Bertz CT molecular complexity index is 1010. The van der Waals surface area contributed by atoms with Crippen LogP contribution in [0.25, 0.3) is 5.69 Å². The third-order valence-electron chi connectivity index (χ3n) is 3.95. The number of non-ortho nitro benzene ring substituents is 1. The van der Waals surface area contributed by atoms with Gasteiger partial charge in [-0.3, -0.25) is 19.5 Å². The molecule has 1 heterocycles. The molecule has 8 nitrogen and oxygen atoms in total. The third kappa shape index (κ3) is 3.84. The van der Waals surface area contributed by atoms with Crippen molar-refractivity contribution in [1.29, 1.82) is 0 Å². The molecule has 0 aliphatic rings. The summed E-state index contributed by atoms with van der Waals surface area (Å²) in [6, 6.07) is 14.5. The largest absolute Gasteiger partial charge is 0.494 e. The van der Waals surface area contributed by atoms with E-state index in [0.29, 0.717) is 5.56 Å². The monoisotopic (exact) mass is 364 g/mol. The molecule has 0 aliphatic carbocycles. The predicted molar refractivity (Wildman–Crippen MR) is 100 cm³/mol. The fourth-order valence-corrected chi connectivity index (χ4v) is 2.53. The van der Waals surface area contributed by atoms with E-state index in [0.717, 1.165) is 11.3 Å². The molecule has 2 N–H and O–H groups in total. The van der Waals surface area contributed by atoms with Gasteiger partial charge in [-0.1, -0.05) is 18.2 Å². The molecular formula is C19H16N4O4. The Hall–Kier alpha value is -3.94. The van der Waals surface area contributed by atoms with E-state index in [9.17, 15) is 20.0 Å². The molecule has 0 atom stereocenters. The van der Waals surface area contributed by atoms with Crippen molar-refractivity contribution >= 4 is 17.8 Å². The summed E-state index contributed by atoms with van der Waals surface area (Å²) in [5.74, 6) is -0.507. The fourth-order valence-electron chi connectivity index (χ4n) is 2.53. The van der Waals surface area contributed by atoms with Crippen LogP contribution in [0.2, 0.25) is 0 Å². The van der Waals surface area contributed by atoms with Crippen LogP contribution in [0.5, 0.6) is 5.88 Å². The molecule has 27 heavy (non-hydrogen) atoms. The number of rotatable bonds is 5. The Labute approximate surface area is 154 Å². The lowest BCUT2D eigenvalue weighted by Crippen LogP contribution is -2.17. The van der Waals surface area contributed by atoms with Crippen molar-refractivity contribution in [2.24, 2.45) is 5.10 Å². The van der Waals surface area contributed by atoms with Gasteiger partial charge >= 0.3 is 0 Å². The van der Waals surface area contributed by atoms with Gasteiger partial charge in [-0.05, 0) is 36.8 Å². The van der Waals surface area contributed by atoms with Gasteiger partial charge in [0, 0.05) is 29.6 Å². The number of nitrogens with zero attached hydrogens (tertiary/aromatic N) is 3. The van der Waals surface area contributed by atoms with Gasteiger partial charge in [-0.15, -0.1) is 0 Å². The van der Waals surface area contributed by atoms with E-state index in [1.165, 1.54) is 30.5 Å². The third-order valence-corrected chi connectivity index (χ3v) is 3.95. The molecule has 0 saturated carbocycles. The minimum absolute atomic E-state index is 0.00651. The highest BCUT2D eigenvalue weighted by Crippen LogP contribution is 2.25. The Morgan fingerprint density at radius 2 is 1.85 bits per heavy atom. The summed E-state index contributed by atoms with van der Waals surface area (Å²) in [6.07, 6.45) is 3.12. The standard InChI is InChI=1S/C19H16N4O4/c1-13-12-22(15-5-3-2-4-6-15)19(25)17(13)11-20-21-18(24)14-7-9-16(10-8-14)23(26)27/h2-12,25H,1H3,(H,21,24)/b20-11+. The summed E-state index contributed by atoms with van der Waals surface area (Å²) in [5, 5.41) is 24.9. The molecule has 0 unspecified atom stereocenters. The second kappa shape index (κ2) is 7.52. The molecule has 0 aliphatic heterocycles. The lowest BCUT2D eigenvalue weighted by Gasteiger charge is -2.04. The lowest BCUT2D eigenvalue weighted by atomic mass is 10.2. The predicted octanol–water partition coefficient (Wildman–Crippen LogP) is 3.16. The maximum atomic E-state index is 12.1. The number of nitrogens with one attached hydrogen (secondary N) is 1. The van der Waals surface area contributed by atoms with Crippen LogP contribution < -0.4 is 5.43 Å². The molecule has 3 aromatic rings. The van der Waals surface area contributed by atoms with Crippen LogP contribution in [0.15, 0.2) is 65.9 Å². The van der Waals surface area contributed by atoms with Gasteiger partial charge < -0.3 is 5.11 Å². The maximum Gasteiger partial charge on any atom is 0.271 e. The van der Waals surface area contributed by atoms with Crippen molar-refractivity contribution in [3.63, 3.8) is 0 Å². The molecule has 3 rings (SSSR count). The van der Waals surface area contributed by atoms with Crippen molar-refractivity contribution in [1.82, 2.24) is 9.99 Å². The van der Waals surface area contributed by atoms with Gasteiger partial charge in [-0.2, -0.15) is 5.10 Å². The van der Waals surface area contributed by atoms with Crippen LogP contribution in [-0.4, -0.2) is 26.7 Å². The Morgan fingerprint density at radius 1 is 1.19 bits per heavy atom. The fraction of sp³-hybridized carbons (Fsp3) is 0.0526. The van der Waals surface area contributed by atoms with Gasteiger partial charge in [0.15, 0.2) is 0 Å². The number of hydrogen-bond acceptors (Lipinski definition) is 5. The normalized spacial score (nSPS) is 10.9. The average Bonchev–Trinajstić information content (AvgIpc) is 2.97. The molecule has 1 aromatic heterocycles. The topological polar surface area (TPSA) is 110 Å². The second-order valence-corrected chi connectivity index (χ2v) is 5.76. The van der Waals surface area contributed by atoms with E-state index in [4.69, 9.17) is 0 Å². The number of aromatic hydroxyl groups is 1. The SMILES string of the molecule is Cc1cn(-c2ccccc2)c(O)c1/C=N/NC(=O)c1ccc([N+](=O)[O-])cc1. The average molecular weight is 364 g/mol. The van der Waals surface area contributed by atoms with Gasteiger partial charge in [0.2, 0.25) is 5.88 Å². The first-order chi connectivity index (χ1) is 13.0. The summed E-state index contributed by atoms with van der Waals surface area (Å²) < 4.78 is 1.62. The maximum absolute atomic E-state index is 12.1. The van der Waals surface area contributed by atoms with E-state index in [1.54, 1.807) is 10.8 Å². The van der Waals surface area contributed by atoms with E-state index in [2.05, 4.69) is 10.5 Å². The minimum atomic E-state index is -0.539. The lowest BCUT2D eigenvalue weighted by molar-refractivity contribution is -0.384. The molecule has 8 heteroatoms. The van der Waals surface area contributed by atoms with Gasteiger partial charge in [0.05, 0.1) is 16.7 Å². The van der Waals surface area contributed by atoms with Gasteiger partial charge in [-0.25, -0.2) is 5.43 Å². The van der Waals surface area contributed by atoms with Gasteiger partial charge in [0.25, 0.3) is 11.6 Å². The molecule has 0 fully saturated rings. The van der Waals surface area contributed by atoms with E-state index in [1.807, 2.05) is 37.3 Å². The summed E-state index contributed by atoms with van der Waals surface area (Å²) >= 11 is 0. The number of nitro benzene ring substituents is 1. The quantitative estimate of drug-likeness (QED) is 0.411. The summed E-state index contributed by atoms with van der Waals surface area (Å²) in [7, 11) is 0. The van der Waals surface area contributed by atoms with Crippen molar-refractivity contribution in [3.05, 3.63) is 87.6 Å². The van der Waals surface area contributed by atoms with Crippen LogP contribution in [0.3, 0.4) is 0 Å². The number of para-hydroxylation sites is 1. The molecule has 0 saturated heterocycles. The first kappa shape index (κ1) is 17.9. The molecule has 0 bridgehead atoms. The number of carbonyl (C=O) groups excluding carboxylic acids is 1. The number of aromatic nitrogens is 1. The van der Waals surface area contributed by atoms with E-state index >= 15 is 0 Å². The van der Waals surface area contributed by atoms with Crippen LogP contribution in [-0.2, 0) is 0 Å². The Morgan fingerprint density at radius 3 is 2.48 bits per heavy atom. The molecule has 0 radical (unpaired) electrons. The highest BCUT2D eigenvalue weighted by Gasteiger charge is 2.12. The molecule has 1 amide bonds. The van der Waals surface area contributed by atoms with Crippen LogP contribution in [0.4, 0.5) is 5.69 Å². The smallest absolute Gasteiger partial charge is 0.271 e. The van der Waals surface area contributed by atoms with Crippen LogP contribution in [0.1, 0.15) is 21.5 Å². The number of nitro groups is 1. The molecular weight excluding hydrogens is 348 g/mol. The van der Waals surface area contributed by atoms with Crippen molar-refractivity contribution in [3.8, 4) is 11.6 Å². The Kier molecular flexibility index (Phi) is 4.98. The zero-order valence-electron chi connectivity index (χ0n) is 14.4. The second-order valence-electron chi connectivity index (χ2n) is 5.76. The first-order valence-corrected chi connectivity index (χ1v) is 8.01. The number of hydrazone groups is 1. The minimum Gasteiger partial charge on any atom is -0.494 e. The highest BCUT2D eigenvalue weighted by atomic mass is 16.6. The van der Waals surface area contributed by atoms with E-state index in [-0.39, 0.29) is 17.1 Å². The molecule has 0 spiro atoms. The van der Waals surface area contributed by atoms with Crippen molar-refractivity contribution < 1.29 is 14.8 Å². The Balaban J connectivity index is 1.74. The highest BCUT2D eigenvalue weighted by molar-refractivity contribution is 5.95. The zero-order valence-corrected chi connectivity index (χ0v) is 14.4. The number of benzene rings is 2. The zero-order chi connectivity index (χ0) is 19.4. The van der Waals surface area contributed by atoms with Crippen LogP contribution >= 0.6 is 0 Å². The molecule has 136 valence electrons. The first-order valence-electron chi connectivity index (χ1n) is 8.01. The summed E-state index contributed by atoms with van der Waals surface area (Å²) in [5.41, 5.74) is 4.53. The van der Waals surface area contributed by atoms with E-state index < -0.39 is 10.8 Å². The molecule has 2 aromatic carbocycles. The number of aryl methyl sites for hydroxylation is 1. The number of amides is 1. The number of hydrogen-bond donors (Lipinski definition) is 2. The van der Waals surface area contributed by atoms with Crippen molar-refractivity contribution in [2.45, 2.75) is 6.92 Å². The summed E-state index contributed by atoms with van der Waals surface area (Å²) in [6.45, 7) is 1.82. The van der Waals surface area contributed by atoms with Crippen molar-refractivity contribution in [2.75, 3.05) is 0 Å². The van der Waals surface area contributed by atoms with Gasteiger partial charge in [0.1, 0.15) is 0 Å². The van der Waals surface area contributed by atoms with Crippen LogP contribution in [0, 0.1) is 17.0 Å². The summed E-state index contributed by atoms with van der Waals surface area (Å²) in [4.78, 5) is 22.1.